The Hall–Kier alpha value is -3.60. The van der Waals surface area contributed by atoms with Crippen LogP contribution in [0.25, 0.3) is 11.1 Å². The predicted molar refractivity (Wildman–Crippen MR) is 160 cm³/mol. The van der Waals surface area contributed by atoms with E-state index in [0.717, 1.165) is 42.4 Å². The van der Waals surface area contributed by atoms with Gasteiger partial charge in [-0.1, -0.05) is 109 Å². The van der Waals surface area contributed by atoms with E-state index in [1.807, 2.05) is 30.3 Å². The van der Waals surface area contributed by atoms with Gasteiger partial charge in [-0.15, -0.1) is 0 Å². The first-order valence-corrected chi connectivity index (χ1v) is 14.9. The van der Waals surface area contributed by atoms with Gasteiger partial charge in [0.1, 0.15) is 5.75 Å². The number of ether oxygens (including phenoxy) is 1. The Morgan fingerprint density at radius 1 is 0.700 bits per heavy atom. The van der Waals surface area contributed by atoms with Crippen LogP contribution in [0.4, 0.5) is 0 Å². The van der Waals surface area contributed by atoms with Gasteiger partial charge in [0.05, 0.1) is 17.7 Å². The molecule has 3 aromatic rings. The molecule has 214 valence electrons. The third-order valence-corrected chi connectivity index (χ3v) is 7.24. The largest absolute Gasteiger partial charge is 0.494 e. The molecule has 0 fully saturated rings. The minimum absolute atomic E-state index is 0.282. The third kappa shape index (κ3) is 10.2. The Morgan fingerprint density at radius 2 is 1.30 bits per heavy atom. The lowest BCUT2D eigenvalue weighted by molar-refractivity contribution is -0.187. The van der Waals surface area contributed by atoms with E-state index in [-0.39, 0.29) is 5.56 Å². The molecule has 0 heterocycles. The minimum atomic E-state index is -0.733. The quantitative estimate of drug-likeness (QED) is 0.102. The highest BCUT2D eigenvalue weighted by Gasteiger charge is 2.17. The van der Waals surface area contributed by atoms with Crippen LogP contribution >= 0.6 is 0 Å². The molecule has 0 bridgehead atoms. The summed E-state index contributed by atoms with van der Waals surface area (Å²) in [6.07, 6.45) is 11.8. The van der Waals surface area contributed by atoms with Crippen LogP contribution in [-0.2, 0) is 16.2 Å². The predicted octanol–water partition coefficient (Wildman–Crippen LogP) is 9.39. The van der Waals surface area contributed by atoms with Crippen molar-refractivity contribution in [2.75, 3.05) is 6.61 Å². The fraction of sp³-hybridized carbons (Fsp3) is 0.429. The van der Waals surface area contributed by atoms with E-state index in [1.54, 1.807) is 30.3 Å². The van der Waals surface area contributed by atoms with E-state index in [0.29, 0.717) is 23.8 Å². The molecule has 0 aliphatic rings. The second-order valence-electron chi connectivity index (χ2n) is 10.5. The molecule has 0 aliphatic carbocycles. The standard InChI is InChI=1S/C35H44O5/c1-4-6-7-8-9-10-11-15-24-38-32-21-18-29(19-22-32)34(36)39-40-35(37)30-20-23-33(28-16-13-12-14-17-28)31(26-30)25-27(3)5-2/h12-14,16-23,26-27H,4-11,15,24-25H2,1-3H3. The highest BCUT2D eigenvalue weighted by Crippen LogP contribution is 2.28. The molecule has 1 unspecified atom stereocenters. The molecule has 0 saturated heterocycles. The molecule has 3 aromatic carbocycles. The average Bonchev–Trinajstić information content (AvgIpc) is 2.99. The van der Waals surface area contributed by atoms with Crippen LogP contribution in [0, 0.1) is 5.92 Å². The monoisotopic (exact) mass is 544 g/mol. The summed E-state index contributed by atoms with van der Waals surface area (Å²) >= 11 is 0. The molecule has 0 saturated carbocycles. The second kappa shape index (κ2) is 17.2. The smallest absolute Gasteiger partial charge is 0.386 e. The number of carbonyl (C=O) groups is 2. The highest BCUT2D eigenvalue weighted by atomic mass is 17.2. The second-order valence-corrected chi connectivity index (χ2v) is 10.5. The van der Waals surface area contributed by atoms with Crippen LogP contribution in [0.5, 0.6) is 5.75 Å². The van der Waals surface area contributed by atoms with Crippen LogP contribution in [0.2, 0.25) is 0 Å². The van der Waals surface area contributed by atoms with Gasteiger partial charge in [-0.05, 0) is 71.8 Å². The fourth-order valence-electron chi connectivity index (χ4n) is 4.59. The average molecular weight is 545 g/mol. The van der Waals surface area contributed by atoms with Crippen LogP contribution in [-0.4, -0.2) is 18.5 Å². The zero-order valence-electron chi connectivity index (χ0n) is 24.3. The Kier molecular flexibility index (Phi) is 13.3. The molecule has 1 atom stereocenters. The number of carbonyl (C=O) groups excluding carboxylic acids is 2. The number of hydrogen-bond acceptors (Lipinski definition) is 5. The van der Waals surface area contributed by atoms with Crippen molar-refractivity contribution < 1.29 is 24.1 Å². The number of rotatable bonds is 16. The molecular weight excluding hydrogens is 500 g/mol. The summed E-state index contributed by atoms with van der Waals surface area (Å²) in [7, 11) is 0. The summed E-state index contributed by atoms with van der Waals surface area (Å²) in [4.78, 5) is 35.0. The van der Waals surface area contributed by atoms with E-state index in [2.05, 4.69) is 32.9 Å². The number of unbranched alkanes of at least 4 members (excludes halogenated alkanes) is 7. The van der Waals surface area contributed by atoms with Crippen molar-refractivity contribution in [3.63, 3.8) is 0 Å². The first-order valence-electron chi connectivity index (χ1n) is 14.9. The Bertz CT molecular complexity index is 1170. The van der Waals surface area contributed by atoms with Gasteiger partial charge in [0.15, 0.2) is 0 Å². The summed E-state index contributed by atoms with van der Waals surface area (Å²) in [6.45, 7) is 7.23. The SMILES string of the molecule is CCCCCCCCCCOc1ccc(C(=O)OOC(=O)c2ccc(-c3ccccc3)c(CC(C)CC)c2)cc1. The summed E-state index contributed by atoms with van der Waals surface area (Å²) in [5, 5.41) is 0. The molecule has 0 aromatic heterocycles. The van der Waals surface area contributed by atoms with Crippen molar-refractivity contribution in [1.29, 1.82) is 0 Å². The van der Waals surface area contributed by atoms with Crippen molar-refractivity contribution in [3.8, 4) is 16.9 Å². The topological polar surface area (TPSA) is 61.8 Å². The van der Waals surface area contributed by atoms with Crippen molar-refractivity contribution in [2.24, 2.45) is 5.92 Å². The number of benzene rings is 3. The molecule has 3 rings (SSSR count). The summed E-state index contributed by atoms with van der Waals surface area (Å²) in [5.41, 5.74) is 3.86. The number of hydrogen-bond donors (Lipinski definition) is 0. The van der Waals surface area contributed by atoms with E-state index < -0.39 is 11.9 Å². The van der Waals surface area contributed by atoms with Crippen molar-refractivity contribution >= 4 is 11.9 Å². The maximum Gasteiger partial charge on any atom is 0.386 e. The molecule has 5 nitrogen and oxygen atoms in total. The van der Waals surface area contributed by atoms with Gasteiger partial charge in [-0.3, -0.25) is 0 Å². The maximum absolute atomic E-state index is 12.7. The van der Waals surface area contributed by atoms with Crippen LogP contribution < -0.4 is 4.74 Å². The minimum Gasteiger partial charge on any atom is -0.494 e. The molecule has 5 heteroatoms. The van der Waals surface area contributed by atoms with Crippen LogP contribution in [0.1, 0.15) is 105 Å². The molecule has 0 N–H and O–H groups in total. The van der Waals surface area contributed by atoms with Crippen molar-refractivity contribution in [1.82, 2.24) is 0 Å². The highest BCUT2D eigenvalue weighted by molar-refractivity contribution is 5.93. The van der Waals surface area contributed by atoms with E-state index in [9.17, 15) is 9.59 Å². The van der Waals surface area contributed by atoms with Gasteiger partial charge < -0.3 is 4.74 Å². The fourth-order valence-corrected chi connectivity index (χ4v) is 4.59. The Morgan fingerprint density at radius 3 is 1.95 bits per heavy atom. The normalized spacial score (nSPS) is 11.6. The maximum atomic E-state index is 12.7. The van der Waals surface area contributed by atoms with E-state index in [4.69, 9.17) is 14.5 Å². The van der Waals surface area contributed by atoms with Gasteiger partial charge in [0.2, 0.25) is 0 Å². The molecule has 0 aliphatic heterocycles. The van der Waals surface area contributed by atoms with Gasteiger partial charge in [-0.25, -0.2) is 19.4 Å². The van der Waals surface area contributed by atoms with Crippen LogP contribution in [0.3, 0.4) is 0 Å². The van der Waals surface area contributed by atoms with Gasteiger partial charge >= 0.3 is 11.9 Å². The Balaban J connectivity index is 1.48. The third-order valence-electron chi connectivity index (χ3n) is 7.24. The van der Waals surface area contributed by atoms with E-state index >= 15 is 0 Å². The lowest BCUT2D eigenvalue weighted by Gasteiger charge is -2.15. The molecule has 0 spiro atoms. The van der Waals surface area contributed by atoms with Gasteiger partial charge in [0.25, 0.3) is 0 Å². The molecule has 40 heavy (non-hydrogen) atoms. The van der Waals surface area contributed by atoms with Crippen molar-refractivity contribution in [2.45, 2.75) is 85.0 Å². The molecular formula is C35H44O5. The van der Waals surface area contributed by atoms with E-state index in [1.165, 1.54) is 38.5 Å². The van der Waals surface area contributed by atoms with Gasteiger partial charge in [-0.2, -0.15) is 0 Å². The zero-order valence-corrected chi connectivity index (χ0v) is 24.3. The lowest BCUT2D eigenvalue weighted by Crippen LogP contribution is -2.12. The zero-order chi connectivity index (χ0) is 28.6. The molecule has 0 amide bonds. The summed E-state index contributed by atoms with van der Waals surface area (Å²) in [5.74, 6) is -0.282. The summed E-state index contributed by atoms with van der Waals surface area (Å²) in [6, 6.07) is 22.2. The lowest BCUT2D eigenvalue weighted by atomic mass is 9.90. The van der Waals surface area contributed by atoms with Crippen molar-refractivity contribution in [3.05, 3.63) is 89.5 Å². The summed E-state index contributed by atoms with van der Waals surface area (Å²) < 4.78 is 5.79. The first kappa shape index (κ1) is 30.9. The van der Waals surface area contributed by atoms with Crippen LogP contribution in [0.15, 0.2) is 72.8 Å². The van der Waals surface area contributed by atoms with Gasteiger partial charge in [0, 0.05) is 0 Å². The first-order chi connectivity index (χ1) is 19.5. The Labute approximate surface area is 239 Å². The molecule has 0 radical (unpaired) electrons.